The quantitative estimate of drug-likeness (QED) is 0.876. The van der Waals surface area contributed by atoms with Gasteiger partial charge in [0.15, 0.2) is 0 Å². The summed E-state index contributed by atoms with van der Waals surface area (Å²) >= 11 is 1.15. The van der Waals surface area contributed by atoms with Crippen molar-refractivity contribution in [2.75, 3.05) is 13.6 Å². The normalized spacial score (nSPS) is 12.6. The van der Waals surface area contributed by atoms with E-state index in [0.29, 0.717) is 16.3 Å². The Morgan fingerprint density at radius 1 is 1.50 bits per heavy atom. The van der Waals surface area contributed by atoms with Crippen LogP contribution in [0.3, 0.4) is 0 Å². The van der Waals surface area contributed by atoms with Gasteiger partial charge < -0.3 is 5.11 Å². The molecule has 0 saturated carbocycles. The molecule has 1 N–H and O–H groups in total. The number of aliphatic hydroxyl groups is 1. The first-order chi connectivity index (χ1) is 7.37. The molecule has 0 aliphatic carbocycles. The summed E-state index contributed by atoms with van der Waals surface area (Å²) in [5.74, 6) is 0.289. The zero-order chi connectivity index (χ0) is 12.3. The molecule has 1 aromatic heterocycles. The fraction of sp³-hybridized carbons (Fsp3) is 0.600. The fourth-order valence-electron chi connectivity index (χ4n) is 1.34. The molecule has 1 aromatic rings. The van der Waals surface area contributed by atoms with E-state index in [1.54, 1.807) is 12.4 Å². The summed E-state index contributed by atoms with van der Waals surface area (Å²) in [7, 11) is -1.81. The average Bonchev–Trinajstić information content (AvgIpc) is 2.65. The lowest BCUT2D eigenvalue weighted by Gasteiger charge is -2.17. The number of rotatable bonds is 5. The van der Waals surface area contributed by atoms with Gasteiger partial charge in [-0.1, -0.05) is 13.8 Å². The molecule has 1 heterocycles. The van der Waals surface area contributed by atoms with Gasteiger partial charge >= 0.3 is 0 Å². The van der Waals surface area contributed by atoms with Gasteiger partial charge in [0, 0.05) is 13.6 Å². The Balaban J connectivity index is 2.92. The second-order valence-electron chi connectivity index (χ2n) is 4.11. The van der Waals surface area contributed by atoms with Crippen molar-refractivity contribution in [1.82, 2.24) is 4.31 Å². The Morgan fingerprint density at radius 3 is 2.56 bits per heavy atom. The molecule has 0 aliphatic heterocycles. The lowest BCUT2D eigenvalue weighted by molar-refractivity contribution is 0.282. The first kappa shape index (κ1) is 13.6. The van der Waals surface area contributed by atoms with E-state index in [4.69, 9.17) is 5.11 Å². The predicted molar refractivity (Wildman–Crippen MR) is 64.9 cm³/mol. The highest BCUT2D eigenvalue weighted by atomic mass is 32.2. The second kappa shape index (κ2) is 5.27. The molecule has 0 saturated heterocycles. The van der Waals surface area contributed by atoms with Crippen molar-refractivity contribution in [2.24, 2.45) is 5.92 Å². The molecule has 4 nitrogen and oxygen atoms in total. The summed E-state index contributed by atoms with van der Waals surface area (Å²) in [4.78, 5) is 0. The molecule has 0 aliphatic rings. The number of hydrogen-bond donors (Lipinski definition) is 1. The summed E-state index contributed by atoms with van der Waals surface area (Å²) in [5.41, 5.74) is 0.640. The standard InChI is InChI=1S/C10H17NO3S2/c1-8(2)5-11(3)16(13,14)10-4-9(6-12)7-15-10/h4,7-8,12H,5-6H2,1-3H3. The summed E-state index contributed by atoms with van der Waals surface area (Å²) in [6.07, 6.45) is 0. The summed E-state index contributed by atoms with van der Waals surface area (Å²) in [5, 5.41) is 10.6. The molecule has 0 atom stereocenters. The maximum absolute atomic E-state index is 12.1. The predicted octanol–water partition coefficient (Wildman–Crippen LogP) is 1.52. The van der Waals surface area contributed by atoms with Gasteiger partial charge in [0.2, 0.25) is 0 Å². The average molecular weight is 263 g/mol. The van der Waals surface area contributed by atoms with Crippen molar-refractivity contribution in [2.45, 2.75) is 24.7 Å². The number of aliphatic hydroxyl groups excluding tert-OH is 1. The van der Waals surface area contributed by atoms with Crippen molar-refractivity contribution in [3.8, 4) is 0 Å². The van der Waals surface area contributed by atoms with Crippen LogP contribution in [0.15, 0.2) is 15.7 Å². The van der Waals surface area contributed by atoms with Crippen LogP contribution in [-0.4, -0.2) is 31.4 Å². The molecule has 1 rings (SSSR count). The smallest absolute Gasteiger partial charge is 0.252 e. The summed E-state index contributed by atoms with van der Waals surface area (Å²) < 4.78 is 25.7. The van der Waals surface area contributed by atoms with Crippen LogP contribution in [0.2, 0.25) is 0 Å². The second-order valence-corrected chi connectivity index (χ2v) is 7.29. The Hall–Kier alpha value is -0.430. The molecule has 16 heavy (non-hydrogen) atoms. The maximum Gasteiger partial charge on any atom is 0.252 e. The van der Waals surface area contributed by atoms with E-state index in [9.17, 15) is 8.42 Å². The highest BCUT2D eigenvalue weighted by Gasteiger charge is 2.23. The van der Waals surface area contributed by atoms with Crippen LogP contribution in [0.1, 0.15) is 19.4 Å². The van der Waals surface area contributed by atoms with Crippen LogP contribution in [0.25, 0.3) is 0 Å². The van der Waals surface area contributed by atoms with Gasteiger partial charge in [0.25, 0.3) is 10.0 Å². The van der Waals surface area contributed by atoms with Gasteiger partial charge in [-0.05, 0) is 22.9 Å². The van der Waals surface area contributed by atoms with Crippen LogP contribution in [0, 0.1) is 5.92 Å². The lowest BCUT2D eigenvalue weighted by Crippen LogP contribution is -2.29. The molecule has 0 aromatic carbocycles. The topological polar surface area (TPSA) is 57.6 Å². The Labute approximate surface area is 101 Å². The van der Waals surface area contributed by atoms with Crippen LogP contribution in [-0.2, 0) is 16.6 Å². The van der Waals surface area contributed by atoms with E-state index < -0.39 is 10.0 Å². The number of thiophene rings is 1. The molecule has 92 valence electrons. The SMILES string of the molecule is CC(C)CN(C)S(=O)(=O)c1cc(CO)cs1. The van der Waals surface area contributed by atoms with Crippen molar-refractivity contribution in [1.29, 1.82) is 0 Å². The molecule has 0 fully saturated rings. The van der Waals surface area contributed by atoms with E-state index in [0.717, 1.165) is 11.3 Å². The summed E-state index contributed by atoms with van der Waals surface area (Å²) in [6, 6.07) is 1.52. The zero-order valence-electron chi connectivity index (χ0n) is 9.67. The van der Waals surface area contributed by atoms with Gasteiger partial charge in [-0.2, -0.15) is 4.31 Å². The van der Waals surface area contributed by atoms with Crippen LogP contribution in [0.5, 0.6) is 0 Å². The van der Waals surface area contributed by atoms with Gasteiger partial charge in [-0.25, -0.2) is 8.42 Å². The molecule has 0 radical (unpaired) electrons. The van der Waals surface area contributed by atoms with Gasteiger partial charge in [-0.3, -0.25) is 0 Å². The van der Waals surface area contributed by atoms with Crippen LogP contribution in [0.4, 0.5) is 0 Å². The Bertz CT molecular complexity index is 437. The minimum atomic E-state index is -3.38. The number of sulfonamides is 1. The van der Waals surface area contributed by atoms with E-state index in [1.807, 2.05) is 13.8 Å². The third-order valence-electron chi connectivity index (χ3n) is 2.10. The Kier molecular flexibility index (Phi) is 4.49. The van der Waals surface area contributed by atoms with Crippen molar-refractivity contribution < 1.29 is 13.5 Å². The van der Waals surface area contributed by atoms with E-state index >= 15 is 0 Å². The van der Waals surface area contributed by atoms with Crippen molar-refractivity contribution in [3.63, 3.8) is 0 Å². The minimum absolute atomic E-state index is 0.125. The molecule has 0 spiro atoms. The van der Waals surface area contributed by atoms with Crippen LogP contribution < -0.4 is 0 Å². The third kappa shape index (κ3) is 3.04. The van der Waals surface area contributed by atoms with Gasteiger partial charge in [0.1, 0.15) is 4.21 Å². The fourth-order valence-corrected chi connectivity index (χ4v) is 4.08. The Morgan fingerprint density at radius 2 is 2.12 bits per heavy atom. The van der Waals surface area contributed by atoms with Crippen molar-refractivity contribution in [3.05, 3.63) is 17.0 Å². The minimum Gasteiger partial charge on any atom is -0.392 e. The van der Waals surface area contributed by atoms with E-state index in [2.05, 4.69) is 0 Å². The number of nitrogens with zero attached hydrogens (tertiary/aromatic N) is 1. The van der Waals surface area contributed by atoms with E-state index in [-0.39, 0.29) is 12.5 Å². The van der Waals surface area contributed by atoms with Gasteiger partial charge in [-0.15, -0.1) is 11.3 Å². The number of hydrogen-bond acceptors (Lipinski definition) is 4. The highest BCUT2D eigenvalue weighted by molar-refractivity contribution is 7.91. The maximum atomic E-state index is 12.1. The first-order valence-electron chi connectivity index (χ1n) is 5.02. The highest BCUT2D eigenvalue weighted by Crippen LogP contribution is 2.23. The molecule has 0 amide bonds. The zero-order valence-corrected chi connectivity index (χ0v) is 11.3. The van der Waals surface area contributed by atoms with Gasteiger partial charge in [0.05, 0.1) is 6.61 Å². The monoisotopic (exact) mass is 263 g/mol. The molecule has 0 unspecified atom stereocenters. The molecular weight excluding hydrogens is 246 g/mol. The van der Waals surface area contributed by atoms with E-state index in [1.165, 1.54) is 10.4 Å². The third-order valence-corrected chi connectivity index (χ3v) is 5.39. The molecular formula is C10H17NO3S2. The first-order valence-corrected chi connectivity index (χ1v) is 7.34. The molecule has 0 bridgehead atoms. The van der Waals surface area contributed by atoms with Crippen LogP contribution >= 0.6 is 11.3 Å². The molecule has 6 heteroatoms. The lowest BCUT2D eigenvalue weighted by atomic mass is 10.2. The van der Waals surface area contributed by atoms with Crippen molar-refractivity contribution >= 4 is 21.4 Å². The summed E-state index contributed by atoms with van der Waals surface area (Å²) in [6.45, 7) is 4.31. The largest absolute Gasteiger partial charge is 0.392 e.